The minimum Gasteiger partial charge on any atom is -0.251 e. The lowest BCUT2D eigenvalue weighted by atomic mass is 10.8. The fraction of sp³-hybridized carbons (Fsp3) is 1.00. The summed E-state index contributed by atoms with van der Waals surface area (Å²) in [6.07, 6.45) is 0.476. The van der Waals surface area contributed by atoms with Gasteiger partial charge in [0.25, 0.3) is 0 Å². The van der Waals surface area contributed by atoms with Crippen molar-refractivity contribution < 1.29 is 19.9 Å². The van der Waals surface area contributed by atoms with E-state index in [0.717, 1.165) is 0 Å². The third-order valence-electron chi connectivity index (χ3n) is 1.03. The first-order valence-electron chi connectivity index (χ1n) is 2.38. The summed E-state index contributed by atoms with van der Waals surface area (Å²) in [5.74, 6) is 0. The van der Waals surface area contributed by atoms with E-state index >= 15 is 0 Å². The van der Waals surface area contributed by atoms with E-state index in [-0.39, 0.29) is 12.2 Å². The molecule has 0 heterocycles. The van der Waals surface area contributed by atoms with Crippen LogP contribution in [0.2, 0.25) is 0 Å². The molecule has 2 unspecified atom stereocenters. The van der Waals surface area contributed by atoms with Gasteiger partial charge in [0.15, 0.2) is 0 Å². The van der Waals surface area contributed by atoms with Crippen LogP contribution in [0.15, 0.2) is 0 Å². The molecule has 0 saturated heterocycles. The Bertz CT molecular complexity index is 74.4. The third kappa shape index (κ3) is 1.16. The Hall–Kier alpha value is -0.160. The zero-order valence-electron chi connectivity index (χ0n) is 4.53. The topological polar surface area (TPSA) is 47.9 Å². The molecule has 0 amide bonds. The van der Waals surface area contributed by atoms with Crippen LogP contribution in [-0.4, -0.2) is 24.6 Å². The molecule has 0 aliphatic heterocycles. The lowest BCUT2D eigenvalue weighted by Gasteiger charge is -1.93. The van der Waals surface area contributed by atoms with Gasteiger partial charge in [0.05, 0.1) is 7.11 Å². The van der Waals surface area contributed by atoms with E-state index in [2.05, 4.69) is 14.7 Å². The smallest absolute Gasteiger partial charge is 0.125 e. The first-order valence-corrected chi connectivity index (χ1v) is 2.38. The molecule has 1 aliphatic carbocycles. The van der Waals surface area contributed by atoms with Gasteiger partial charge in [-0.05, 0) is 0 Å². The van der Waals surface area contributed by atoms with Crippen molar-refractivity contribution in [2.24, 2.45) is 0 Å². The van der Waals surface area contributed by atoms with Crippen molar-refractivity contribution in [2.75, 3.05) is 7.11 Å². The average molecular weight is 120 g/mol. The maximum absolute atomic E-state index is 7.97. The molecule has 4 nitrogen and oxygen atoms in total. The van der Waals surface area contributed by atoms with Gasteiger partial charge >= 0.3 is 0 Å². The monoisotopic (exact) mass is 120 g/mol. The summed E-state index contributed by atoms with van der Waals surface area (Å²) in [6.45, 7) is 0. The SMILES string of the molecule is COOC1CC1OO. The second-order valence-corrected chi connectivity index (χ2v) is 1.68. The largest absolute Gasteiger partial charge is 0.251 e. The molecule has 0 aromatic rings. The van der Waals surface area contributed by atoms with Crippen LogP contribution in [0.1, 0.15) is 6.42 Å². The fourth-order valence-electron chi connectivity index (χ4n) is 0.486. The normalized spacial score (nSPS) is 35.2. The van der Waals surface area contributed by atoms with Crippen LogP contribution in [0.3, 0.4) is 0 Å². The van der Waals surface area contributed by atoms with Crippen molar-refractivity contribution in [1.29, 1.82) is 0 Å². The van der Waals surface area contributed by atoms with E-state index in [0.29, 0.717) is 6.42 Å². The Balaban J connectivity index is 1.99. The van der Waals surface area contributed by atoms with Crippen LogP contribution < -0.4 is 0 Å². The van der Waals surface area contributed by atoms with Gasteiger partial charge in [0.1, 0.15) is 12.2 Å². The first kappa shape index (κ1) is 5.97. The Morgan fingerprint density at radius 3 is 2.62 bits per heavy atom. The highest BCUT2D eigenvalue weighted by atomic mass is 17.2. The summed E-state index contributed by atoms with van der Waals surface area (Å²) in [4.78, 5) is 12.8. The zero-order chi connectivity index (χ0) is 5.98. The van der Waals surface area contributed by atoms with E-state index < -0.39 is 0 Å². The van der Waals surface area contributed by atoms with E-state index in [1.54, 1.807) is 0 Å². The molecule has 1 aliphatic rings. The van der Waals surface area contributed by atoms with Gasteiger partial charge in [0.2, 0.25) is 0 Å². The van der Waals surface area contributed by atoms with Crippen molar-refractivity contribution in [3.63, 3.8) is 0 Å². The Kier molecular flexibility index (Phi) is 1.80. The highest BCUT2D eigenvalue weighted by Crippen LogP contribution is 2.27. The lowest BCUT2D eigenvalue weighted by molar-refractivity contribution is -0.313. The molecular weight excluding hydrogens is 112 g/mol. The van der Waals surface area contributed by atoms with Gasteiger partial charge in [-0.1, -0.05) is 0 Å². The standard InChI is InChI=1S/C4H8O4/c1-6-8-4-2-3(4)7-5/h3-5H,2H2,1H3. The molecule has 1 saturated carbocycles. The van der Waals surface area contributed by atoms with Crippen molar-refractivity contribution in [3.05, 3.63) is 0 Å². The summed E-state index contributed by atoms with van der Waals surface area (Å²) < 4.78 is 0. The minimum absolute atomic E-state index is 0.0648. The predicted octanol–water partition coefficient (Wildman–Crippen LogP) is 0.195. The number of hydrogen-bond donors (Lipinski definition) is 1. The lowest BCUT2D eigenvalue weighted by Crippen LogP contribution is -2.00. The van der Waals surface area contributed by atoms with Crippen LogP contribution in [0, 0.1) is 0 Å². The van der Waals surface area contributed by atoms with Crippen LogP contribution in [0.5, 0.6) is 0 Å². The van der Waals surface area contributed by atoms with Gasteiger partial charge in [-0.2, -0.15) is 0 Å². The van der Waals surface area contributed by atoms with Crippen molar-refractivity contribution in [1.82, 2.24) is 0 Å². The van der Waals surface area contributed by atoms with Crippen LogP contribution in [0.25, 0.3) is 0 Å². The van der Waals surface area contributed by atoms with E-state index in [1.165, 1.54) is 7.11 Å². The Labute approximate surface area is 46.8 Å². The summed E-state index contributed by atoms with van der Waals surface area (Å²) in [6, 6.07) is 0. The molecule has 4 heteroatoms. The molecule has 1 N–H and O–H groups in total. The number of rotatable bonds is 3. The number of hydrogen-bond acceptors (Lipinski definition) is 4. The maximum Gasteiger partial charge on any atom is 0.125 e. The van der Waals surface area contributed by atoms with Crippen molar-refractivity contribution >= 4 is 0 Å². The Morgan fingerprint density at radius 2 is 2.25 bits per heavy atom. The van der Waals surface area contributed by atoms with Crippen molar-refractivity contribution in [3.8, 4) is 0 Å². The molecule has 0 bridgehead atoms. The summed E-state index contributed by atoms with van der Waals surface area (Å²) in [5, 5.41) is 7.97. The molecule has 1 fully saturated rings. The molecule has 2 atom stereocenters. The van der Waals surface area contributed by atoms with Crippen LogP contribution in [-0.2, 0) is 14.7 Å². The minimum atomic E-state index is -0.171. The van der Waals surface area contributed by atoms with Gasteiger partial charge in [0, 0.05) is 6.42 Å². The molecule has 1 rings (SSSR count). The van der Waals surface area contributed by atoms with Gasteiger partial charge in [-0.15, -0.1) is 0 Å². The molecule has 8 heavy (non-hydrogen) atoms. The van der Waals surface area contributed by atoms with Gasteiger partial charge in [-0.3, -0.25) is 5.26 Å². The second kappa shape index (κ2) is 2.41. The molecular formula is C4H8O4. The molecule has 48 valence electrons. The van der Waals surface area contributed by atoms with Gasteiger partial charge in [-0.25, -0.2) is 14.7 Å². The highest BCUT2D eigenvalue weighted by molar-refractivity contribution is 4.86. The summed E-state index contributed by atoms with van der Waals surface area (Å²) in [5.41, 5.74) is 0. The first-order chi connectivity index (χ1) is 3.88. The molecule has 0 spiro atoms. The van der Waals surface area contributed by atoms with Crippen LogP contribution in [0.4, 0.5) is 0 Å². The second-order valence-electron chi connectivity index (χ2n) is 1.68. The molecule has 0 aromatic carbocycles. The Morgan fingerprint density at radius 1 is 1.50 bits per heavy atom. The molecule has 0 radical (unpaired) electrons. The van der Waals surface area contributed by atoms with E-state index in [1.807, 2.05) is 0 Å². The summed E-state index contributed by atoms with van der Waals surface area (Å²) in [7, 11) is 1.42. The quantitative estimate of drug-likeness (QED) is 0.426. The van der Waals surface area contributed by atoms with Gasteiger partial charge < -0.3 is 0 Å². The molecule has 0 aromatic heterocycles. The zero-order valence-corrected chi connectivity index (χ0v) is 4.53. The fourth-order valence-corrected chi connectivity index (χ4v) is 0.486. The maximum atomic E-state index is 7.97. The summed E-state index contributed by atoms with van der Waals surface area (Å²) >= 11 is 0. The highest BCUT2D eigenvalue weighted by Gasteiger charge is 2.41. The average Bonchev–Trinajstić information content (AvgIpc) is 2.48. The van der Waals surface area contributed by atoms with E-state index in [4.69, 9.17) is 5.26 Å². The van der Waals surface area contributed by atoms with Crippen molar-refractivity contribution in [2.45, 2.75) is 18.6 Å². The predicted molar refractivity (Wildman–Crippen MR) is 24.0 cm³/mol. The van der Waals surface area contributed by atoms with E-state index in [9.17, 15) is 0 Å². The van der Waals surface area contributed by atoms with Crippen LogP contribution >= 0.6 is 0 Å². The third-order valence-corrected chi connectivity index (χ3v) is 1.03.